The zero-order chi connectivity index (χ0) is 13.9. The van der Waals surface area contributed by atoms with Gasteiger partial charge in [-0.25, -0.2) is 4.98 Å². The summed E-state index contributed by atoms with van der Waals surface area (Å²) in [5, 5.41) is 7.23. The van der Waals surface area contributed by atoms with Crippen molar-refractivity contribution in [2.45, 2.75) is 13.1 Å². The van der Waals surface area contributed by atoms with Crippen molar-refractivity contribution in [3.05, 3.63) is 22.8 Å². The fraction of sp³-hybridized carbons (Fsp3) is 0.400. The second-order valence-electron chi connectivity index (χ2n) is 3.54. The van der Waals surface area contributed by atoms with Gasteiger partial charge in [-0.1, -0.05) is 11.6 Å². The number of amidine groups is 1. The quantitative estimate of drug-likeness (QED) is 0.657. The number of nitrogens with one attached hydrogen (secondary N) is 1. The van der Waals surface area contributed by atoms with Crippen LogP contribution >= 0.6 is 11.6 Å². The number of halogens is 4. The van der Waals surface area contributed by atoms with Gasteiger partial charge in [0.15, 0.2) is 0 Å². The van der Waals surface area contributed by atoms with Crippen LogP contribution in [0.2, 0.25) is 5.02 Å². The van der Waals surface area contributed by atoms with Gasteiger partial charge in [0.05, 0.1) is 5.02 Å². The number of hydrogen-bond acceptors (Lipinski definition) is 3. The third-order valence-corrected chi connectivity index (χ3v) is 2.59. The van der Waals surface area contributed by atoms with Crippen LogP contribution in [-0.4, -0.2) is 30.1 Å². The number of anilines is 1. The molecular formula is C10H12ClF3N4. The molecule has 0 amide bonds. The molecule has 1 rings (SSSR count). The highest BCUT2D eigenvalue weighted by Crippen LogP contribution is 2.29. The molecule has 0 spiro atoms. The SMILES string of the molecule is CCN(CC(F)(F)F)c1nccc(C(=N)N)c1Cl. The minimum Gasteiger partial charge on any atom is -0.384 e. The van der Waals surface area contributed by atoms with E-state index in [2.05, 4.69) is 4.98 Å². The summed E-state index contributed by atoms with van der Waals surface area (Å²) in [6.07, 6.45) is -3.08. The van der Waals surface area contributed by atoms with Crippen molar-refractivity contribution in [3.8, 4) is 0 Å². The molecule has 0 aromatic carbocycles. The maximum atomic E-state index is 12.4. The van der Waals surface area contributed by atoms with E-state index in [0.29, 0.717) is 0 Å². The number of rotatable bonds is 4. The van der Waals surface area contributed by atoms with Gasteiger partial charge in [-0.05, 0) is 13.0 Å². The van der Waals surface area contributed by atoms with E-state index in [-0.39, 0.29) is 28.8 Å². The molecule has 3 N–H and O–H groups in total. The predicted octanol–water partition coefficient (Wildman–Crippen LogP) is 2.41. The third-order valence-electron chi connectivity index (χ3n) is 2.21. The van der Waals surface area contributed by atoms with Crippen molar-refractivity contribution < 1.29 is 13.2 Å². The zero-order valence-corrected chi connectivity index (χ0v) is 10.3. The van der Waals surface area contributed by atoms with Crippen LogP contribution in [0, 0.1) is 5.41 Å². The van der Waals surface area contributed by atoms with Crippen LogP contribution in [-0.2, 0) is 0 Å². The molecule has 0 aliphatic rings. The minimum atomic E-state index is -4.35. The fourth-order valence-electron chi connectivity index (χ4n) is 1.41. The molecule has 0 aliphatic heterocycles. The molecule has 18 heavy (non-hydrogen) atoms. The summed E-state index contributed by atoms with van der Waals surface area (Å²) in [5.41, 5.74) is 5.45. The van der Waals surface area contributed by atoms with E-state index in [1.165, 1.54) is 12.3 Å². The van der Waals surface area contributed by atoms with Crippen molar-refractivity contribution in [3.63, 3.8) is 0 Å². The van der Waals surface area contributed by atoms with Crippen LogP contribution in [0.5, 0.6) is 0 Å². The van der Waals surface area contributed by atoms with Crippen LogP contribution < -0.4 is 10.6 Å². The maximum Gasteiger partial charge on any atom is 0.405 e. The monoisotopic (exact) mass is 280 g/mol. The Kier molecular flexibility index (Phi) is 4.39. The highest BCUT2D eigenvalue weighted by molar-refractivity contribution is 6.36. The molecule has 0 saturated carbocycles. The van der Waals surface area contributed by atoms with E-state index < -0.39 is 12.7 Å². The number of nitrogens with zero attached hydrogens (tertiary/aromatic N) is 2. The first kappa shape index (κ1) is 14.6. The summed E-state index contributed by atoms with van der Waals surface area (Å²) in [4.78, 5) is 4.80. The Morgan fingerprint density at radius 3 is 2.61 bits per heavy atom. The number of pyridine rings is 1. The summed E-state index contributed by atoms with van der Waals surface area (Å²) in [7, 11) is 0. The fourth-order valence-corrected chi connectivity index (χ4v) is 1.75. The molecule has 0 atom stereocenters. The number of hydrogen-bond donors (Lipinski definition) is 2. The molecule has 1 aromatic rings. The van der Waals surface area contributed by atoms with Crippen LogP contribution in [0.1, 0.15) is 12.5 Å². The second kappa shape index (κ2) is 5.43. The predicted molar refractivity (Wildman–Crippen MR) is 64.2 cm³/mol. The van der Waals surface area contributed by atoms with Gasteiger partial charge in [0.1, 0.15) is 18.2 Å². The molecule has 0 unspecified atom stereocenters. The van der Waals surface area contributed by atoms with Crippen LogP contribution in [0.15, 0.2) is 12.3 Å². The van der Waals surface area contributed by atoms with Gasteiger partial charge in [-0.2, -0.15) is 13.2 Å². The van der Waals surface area contributed by atoms with E-state index >= 15 is 0 Å². The molecule has 0 bridgehead atoms. The van der Waals surface area contributed by atoms with Crippen molar-refractivity contribution in [2.24, 2.45) is 5.73 Å². The van der Waals surface area contributed by atoms with E-state index in [0.717, 1.165) is 4.90 Å². The van der Waals surface area contributed by atoms with Gasteiger partial charge in [0, 0.05) is 18.3 Å². The standard InChI is InChI=1S/C10H12ClF3N4/c1-2-18(5-10(12,13)14)9-7(11)6(8(15)16)3-4-17-9/h3-4H,2,5H2,1H3,(H3,15,16). The molecule has 0 fully saturated rings. The summed E-state index contributed by atoms with van der Waals surface area (Å²) in [6, 6.07) is 1.38. The van der Waals surface area contributed by atoms with Crippen LogP contribution in [0.4, 0.5) is 19.0 Å². The van der Waals surface area contributed by atoms with Gasteiger partial charge in [-0.3, -0.25) is 5.41 Å². The molecule has 4 nitrogen and oxygen atoms in total. The lowest BCUT2D eigenvalue weighted by Gasteiger charge is -2.24. The first-order chi connectivity index (χ1) is 8.26. The summed E-state index contributed by atoms with van der Waals surface area (Å²) in [5.74, 6) is -0.337. The minimum absolute atomic E-state index is 0.0239. The van der Waals surface area contributed by atoms with Crippen molar-refractivity contribution in [2.75, 3.05) is 18.0 Å². The lowest BCUT2D eigenvalue weighted by molar-refractivity contribution is -0.119. The number of nitrogens with two attached hydrogens (primary N) is 1. The number of aromatic nitrogens is 1. The largest absolute Gasteiger partial charge is 0.405 e. The second-order valence-corrected chi connectivity index (χ2v) is 3.92. The molecule has 1 heterocycles. The highest BCUT2D eigenvalue weighted by atomic mass is 35.5. The van der Waals surface area contributed by atoms with E-state index in [1.807, 2.05) is 0 Å². The van der Waals surface area contributed by atoms with Gasteiger partial charge < -0.3 is 10.6 Å². The average molecular weight is 281 g/mol. The molecule has 0 aliphatic carbocycles. The van der Waals surface area contributed by atoms with Gasteiger partial charge in [-0.15, -0.1) is 0 Å². The summed E-state index contributed by atoms with van der Waals surface area (Å²) in [6.45, 7) is 0.495. The Balaban J connectivity index is 3.14. The average Bonchev–Trinajstić information content (AvgIpc) is 2.25. The number of nitrogen functional groups attached to an aromatic ring is 1. The van der Waals surface area contributed by atoms with Crippen molar-refractivity contribution >= 4 is 23.3 Å². The van der Waals surface area contributed by atoms with Gasteiger partial charge >= 0.3 is 6.18 Å². The van der Waals surface area contributed by atoms with E-state index in [9.17, 15) is 13.2 Å². The van der Waals surface area contributed by atoms with Crippen LogP contribution in [0.3, 0.4) is 0 Å². The van der Waals surface area contributed by atoms with E-state index in [1.54, 1.807) is 6.92 Å². The molecular weight excluding hydrogens is 269 g/mol. The Bertz CT molecular complexity index is 447. The van der Waals surface area contributed by atoms with Crippen LogP contribution in [0.25, 0.3) is 0 Å². The Morgan fingerprint density at radius 2 is 2.17 bits per heavy atom. The molecule has 8 heteroatoms. The first-order valence-electron chi connectivity index (χ1n) is 5.07. The first-order valence-corrected chi connectivity index (χ1v) is 5.44. The highest BCUT2D eigenvalue weighted by Gasteiger charge is 2.31. The molecule has 0 radical (unpaired) electrons. The maximum absolute atomic E-state index is 12.4. The summed E-state index contributed by atoms with van der Waals surface area (Å²) >= 11 is 5.91. The van der Waals surface area contributed by atoms with Gasteiger partial charge in [0.25, 0.3) is 0 Å². The lowest BCUT2D eigenvalue weighted by atomic mass is 10.2. The summed E-state index contributed by atoms with van der Waals surface area (Å²) < 4.78 is 37.2. The Labute approximate surface area is 107 Å². The zero-order valence-electron chi connectivity index (χ0n) is 9.55. The van der Waals surface area contributed by atoms with E-state index in [4.69, 9.17) is 22.7 Å². The van der Waals surface area contributed by atoms with Crippen molar-refractivity contribution in [1.82, 2.24) is 4.98 Å². The van der Waals surface area contributed by atoms with Gasteiger partial charge in [0.2, 0.25) is 0 Å². The molecule has 100 valence electrons. The number of alkyl halides is 3. The molecule has 1 aromatic heterocycles. The lowest BCUT2D eigenvalue weighted by Crippen LogP contribution is -2.35. The topological polar surface area (TPSA) is 66.0 Å². The Morgan fingerprint density at radius 1 is 1.56 bits per heavy atom. The smallest absolute Gasteiger partial charge is 0.384 e. The Hall–Kier alpha value is -1.50. The molecule has 0 saturated heterocycles. The van der Waals surface area contributed by atoms with Crippen molar-refractivity contribution in [1.29, 1.82) is 5.41 Å². The third kappa shape index (κ3) is 3.49. The normalized spacial score (nSPS) is 11.4.